The van der Waals surface area contributed by atoms with Gasteiger partial charge in [-0.05, 0) is 44.7 Å². The fourth-order valence-corrected chi connectivity index (χ4v) is 2.95. The Kier molecular flexibility index (Phi) is 3.88. The molecule has 1 aliphatic carbocycles. The Morgan fingerprint density at radius 2 is 2.20 bits per heavy atom. The summed E-state index contributed by atoms with van der Waals surface area (Å²) in [7, 11) is 0. The second kappa shape index (κ2) is 5.65. The molecular formula is C17H24O3. The maximum atomic E-state index is 10.5. The second-order valence-electron chi connectivity index (χ2n) is 6.10. The summed E-state index contributed by atoms with van der Waals surface area (Å²) in [5.74, 6) is 2.58. The molecule has 0 spiro atoms. The van der Waals surface area contributed by atoms with E-state index in [1.54, 1.807) is 0 Å². The lowest BCUT2D eigenvalue weighted by Gasteiger charge is -2.17. The predicted molar refractivity (Wildman–Crippen MR) is 78.3 cm³/mol. The first-order chi connectivity index (χ1) is 9.67. The highest BCUT2D eigenvalue weighted by Crippen LogP contribution is 2.41. The summed E-state index contributed by atoms with van der Waals surface area (Å²) >= 11 is 0. The second-order valence-corrected chi connectivity index (χ2v) is 6.10. The van der Waals surface area contributed by atoms with Crippen LogP contribution in [-0.2, 0) is 6.42 Å². The average Bonchev–Trinajstić information content (AvgIpc) is 3.17. The van der Waals surface area contributed by atoms with E-state index in [9.17, 15) is 5.11 Å². The molecule has 3 nitrogen and oxygen atoms in total. The average molecular weight is 276 g/mol. The van der Waals surface area contributed by atoms with Crippen LogP contribution in [0.15, 0.2) is 12.1 Å². The number of ether oxygens (including phenoxy) is 2. The van der Waals surface area contributed by atoms with Gasteiger partial charge in [-0.3, -0.25) is 0 Å². The lowest BCUT2D eigenvalue weighted by Crippen LogP contribution is -2.05. The quantitative estimate of drug-likeness (QED) is 0.862. The standard InChI is InChI=1S/C17H24O3/c1-3-19-17-9-13-8-11(2)20-16(13)10-14(17)15(18)7-6-12-4-5-12/h9-12,15,18H,3-8H2,1-2H3. The highest BCUT2D eigenvalue weighted by Gasteiger charge is 2.26. The molecule has 1 aromatic rings. The van der Waals surface area contributed by atoms with Crippen molar-refractivity contribution < 1.29 is 14.6 Å². The van der Waals surface area contributed by atoms with Crippen LogP contribution in [0.1, 0.15) is 56.8 Å². The minimum absolute atomic E-state index is 0.221. The minimum Gasteiger partial charge on any atom is -0.493 e. The third-order valence-electron chi connectivity index (χ3n) is 4.23. The van der Waals surface area contributed by atoms with Crippen molar-refractivity contribution in [2.45, 2.75) is 58.2 Å². The van der Waals surface area contributed by atoms with Crippen LogP contribution < -0.4 is 9.47 Å². The van der Waals surface area contributed by atoms with Crippen LogP contribution >= 0.6 is 0 Å². The van der Waals surface area contributed by atoms with Crippen molar-refractivity contribution in [3.63, 3.8) is 0 Å². The topological polar surface area (TPSA) is 38.7 Å². The molecule has 20 heavy (non-hydrogen) atoms. The molecule has 110 valence electrons. The Morgan fingerprint density at radius 1 is 1.40 bits per heavy atom. The van der Waals surface area contributed by atoms with Gasteiger partial charge in [0.2, 0.25) is 0 Å². The SMILES string of the molecule is CCOc1cc2c(cc1C(O)CCC1CC1)OC(C)C2. The molecule has 1 fully saturated rings. The molecule has 2 atom stereocenters. The van der Waals surface area contributed by atoms with Crippen LogP contribution in [-0.4, -0.2) is 17.8 Å². The van der Waals surface area contributed by atoms with Gasteiger partial charge >= 0.3 is 0 Å². The Labute approximate surface area is 120 Å². The summed E-state index contributed by atoms with van der Waals surface area (Å²) in [5.41, 5.74) is 2.08. The first kappa shape index (κ1) is 13.7. The first-order valence-electron chi connectivity index (χ1n) is 7.81. The molecular weight excluding hydrogens is 252 g/mol. The van der Waals surface area contributed by atoms with Crippen molar-refractivity contribution >= 4 is 0 Å². The van der Waals surface area contributed by atoms with Gasteiger partial charge in [0, 0.05) is 17.5 Å². The smallest absolute Gasteiger partial charge is 0.125 e. The van der Waals surface area contributed by atoms with Crippen molar-refractivity contribution in [2.24, 2.45) is 5.92 Å². The van der Waals surface area contributed by atoms with Crippen LogP contribution in [0.25, 0.3) is 0 Å². The van der Waals surface area contributed by atoms with E-state index in [4.69, 9.17) is 9.47 Å². The Hall–Kier alpha value is -1.22. The monoisotopic (exact) mass is 276 g/mol. The molecule has 0 bridgehead atoms. The van der Waals surface area contributed by atoms with Crippen molar-refractivity contribution in [1.29, 1.82) is 0 Å². The van der Waals surface area contributed by atoms with Crippen molar-refractivity contribution in [3.8, 4) is 11.5 Å². The molecule has 1 aromatic carbocycles. The number of hydrogen-bond acceptors (Lipinski definition) is 3. The summed E-state index contributed by atoms with van der Waals surface area (Å²) in [6.45, 7) is 4.67. The van der Waals surface area contributed by atoms with E-state index in [2.05, 4.69) is 13.0 Å². The highest BCUT2D eigenvalue weighted by atomic mass is 16.5. The third-order valence-corrected chi connectivity index (χ3v) is 4.23. The van der Waals surface area contributed by atoms with Gasteiger partial charge in [-0.2, -0.15) is 0 Å². The van der Waals surface area contributed by atoms with Gasteiger partial charge in [-0.15, -0.1) is 0 Å². The van der Waals surface area contributed by atoms with E-state index < -0.39 is 6.10 Å². The highest BCUT2D eigenvalue weighted by molar-refractivity contribution is 5.49. The number of benzene rings is 1. The largest absolute Gasteiger partial charge is 0.493 e. The third kappa shape index (κ3) is 2.93. The van der Waals surface area contributed by atoms with Crippen molar-refractivity contribution in [2.75, 3.05) is 6.61 Å². The molecule has 2 unspecified atom stereocenters. The van der Waals surface area contributed by atoms with Crippen molar-refractivity contribution in [3.05, 3.63) is 23.3 Å². The predicted octanol–water partition coefficient (Wildman–Crippen LogP) is 3.63. The molecule has 3 heteroatoms. The van der Waals surface area contributed by atoms with Gasteiger partial charge in [0.1, 0.15) is 17.6 Å². The zero-order valence-electron chi connectivity index (χ0n) is 12.4. The molecule has 3 rings (SSSR count). The number of fused-ring (bicyclic) bond motifs is 1. The molecule has 0 radical (unpaired) electrons. The number of aliphatic hydroxyl groups excluding tert-OH is 1. The van der Waals surface area contributed by atoms with E-state index in [-0.39, 0.29) is 6.10 Å². The van der Waals surface area contributed by atoms with Crippen LogP contribution in [0.4, 0.5) is 0 Å². The van der Waals surface area contributed by atoms with Gasteiger partial charge in [0.15, 0.2) is 0 Å². The Morgan fingerprint density at radius 3 is 2.90 bits per heavy atom. The van der Waals surface area contributed by atoms with Gasteiger partial charge in [-0.1, -0.05) is 12.8 Å². The van der Waals surface area contributed by atoms with Crippen LogP contribution in [0.3, 0.4) is 0 Å². The van der Waals surface area contributed by atoms with E-state index in [0.717, 1.165) is 42.2 Å². The van der Waals surface area contributed by atoms with Crippen LogP contribution in [0.2, 0.25) is 0 Å². The summed E-state index contributed by atoms with van der Waals surface area (Å²) in [6.07, 6.45) is 5.29. The van der Waals surface area contributed by atoms with Gasteiger partial charge < -0.3 is 14.6 Å². The van der Waals surface area contributed by atoms with E-state index in [1.165, 1.54) is 18.4 Å². The molecule has 0 amide bonds. The molecule has 0 aromatic heterocycles. The number of hydrogen-bond donors (Lipinski definition) is 1. The Balaban J connectivity index is 1.81. The maximum absolute atomic E-state index is 10.5. The minimum atomic E-state index is -0.443. The lowest BCUT2D eigenvalue weighted by molar-refractivity contribution is 0.156. The summed E-state index contributed by atoms with van der Waals surface area (Å²) in [5, 5.41) is 10.5. The van der Waals surface area contributed by atoms with Gasteiger partial charge in [0.05, 0.1) is 12.7 Å². The summed E-state index contributed by atoms with van der Waals surface area (Å²) in [4.78, 5) is 0. The lowest BCUT2D eigenvalue weighted by atomic mass is 9.99. The molecule has 1 saturated carbocycles. The maximum Gasteiger partial charge on any atom is 0.125 e. The normalized spacial score (nSPS) is 22.2. The zero-order valence-corrected chi connectivity index (χ0v) is 12.4. The van der Waals surface area contributed by atoms with Crippen LogP contribution in [0.5, 0.6) is 11.5 Å². The van der Waals surface area contributed by atoms with E-state index in [0.29, 0.717) is 6.61 Å². The van der Waals surface area contributed by atoms with Crippen molar-refractivity contribution in [1.82, 2.24) is 0 Å². The van der Waals surface area contributed by atoms with E-state index in [1.807, 2.05) is 13.0 Å². The summed E-state index contributed by atoms with van der Waals surface area (Å²) < 4.78 is 11.5. The van der Waals surface area contributed by atoms with Gasteiger partial charge in [0.25, 0.3) is 0 Å². The molecule has 1 N–H and O–H groups in total. The Bertz CT molecular complexity index is 479. The molecule has 2 aliphatic rings. The number of aliphatic hydroxyl groups is 1. The van der Waals surface area contributed by atoms with Crippen LogP contribution in [0, 0.1) is 5.92 Å². The fraction of sp³-hybridized carbons (Fsp3) is 0.647. The van der Waals surface area contributed by atoms with Gasteiger partial charge in [-0.25, -0.2) is 0 Å². The molecule has 0 saturated heterocycles. The fourth-order valence-electron chi connectivity index (χ4n) is 2.95. The molecule has 1 aliphatic heterocycles. The zero-order chi connectivity index (χ0) is 14.1. The first-order valence-corrected chi connectivity index (χ1v) is 7.81. The number of rotatable bonds is 6. The van der Waals surface area contributed by atoms with E-state index >= 15 is 0 Å². The summed E-state index contributed by atoms with van der Waals surface area (Å²) in [6, 6.07) is 4.04. The molecule has 1 heterocycles.